The summed E-state index contributed by atoms with van der Waals surface area (Å²) in [6.45, 7) is 0. The van der Waals surface area contributed by atoms with Crippen molar-refractivity contribution in [2.45, 2.75) is 5.03 Å². The Morgan fingerprint density at radius 2 is 2.08 bits per heavy atom. The van der Waals surface area contributed by atoms with Crippen molar-refractivity contribution in [3.63, 3.8) is 0 Å². The predicted molar refractivity (Wildman–Crippen MR) is 104 cm³/mol. The molecule has 0 saturated carbocycles. The number of halogens is 1. The van der Waals surface area contributed by atoms with Gasteiger partial charge in [-0.1, -0.05) is 52.0 Å². The van der Waals surface area contributed by atoms with Gasteiger partial charge in [0.2, 0.25) is 5.91 Å². The van der Waals surface area contributed by atoms with Gasteiger partial charge in [0.05, 0.1) is 22.5 Å². The fraction of sp³-hybridized carbons (Fsp3) is 0.0556. The number of thioether (sulfide) groups is 1. The minimum absolute atomic E-state index is 0.0935. The molecule has 0 bridgehead atoms. The number of phenols is 1. The number of nitrogens with one attached hydrogen (secondary N) is 1. The molecule has 0 spiro atoms. The van der Waals surface area contributed by atoms with Crippen molar-refractivity contribution in [2.75, 3.05) is 5.75 Å². The van der Waals surface area contributed by atoms with Crippen molar-refractivity contribution < 1.29 is 9.90 Å². The Morgan fingerprint density at radius 3 is 2.96 bits per heavy atom. The molecule has 0 aliphatic rings. The van der Waals surface area contributed by atoms with Gasteiger partial charge in [-0.3, -0.25) is 4.79 Å². The van der Waals surface area contributed by atoms with Crippen molar-refractivity contribution in [2.24, 2.45) is 5.10 Å². The van der Waals surface area contributed by atoms with Crippen LogP contribution < -0.4 is 5.43 Å². The number of aromatic nitrogens is 1. The number of carbonyl (C=O) groups is 1. The SMILES string of the molecule is O=C(CSc1ccc2ccccc2n1)N/N=C/c1cc(Br)ccc1O. The van der Waals surface area contributed by atoms with E-state index in [-0.39, 0.29) is 17.4 Å². The van der Waals surface area contributed by atoms with Gasteiger partial charge in [-0.05, 0) is 30.3 Å². The zero-order valence-electron chi connectivity index (χ0n) is 13.0. The van der Waals surface area contributed by atoms with Gasteiger partial charge in [0.15, 0.2) is 0 Å². The molecule has 0 aliphatic carbocycles. The van der Waals surface area contributed by atoms with E-state index in [1.54, 1.807) is 18.2 Å². The first-order chi connectivity index (χ1) is 12.1. The van der Waals surface area contributed by atoms with Gasteiger partial charge in [-0.2, -0.15) is 5.10 Å². The second kappa shape index (κ2) is 8.13. The van der Waals surface area contributed by atoms with Gasteiger partial charge >= 0.3 is 0 Å². The lowest BCUT2D eigenvalue weighted by molar-refractivity contribution is -0.118. The Labute approximate surface area is 157 Å². The third-order valence-corrected chi connectivity index (χ3v) is 4.73. The van der Waals surface area contributed by atoms with E-state index in [0.717, 1.165) is 20.4 Å². The molecule has 0 atom stereocenters. The Hall–Kier alpha value is -2.38. The molecule has 0 unspecified atom stereocenters. The molecule has 3 aromatic rings. The molecule has 25 heavy (non-hydrogen) atoms. The lowest BCUT2D eigenvalue weighted by Crippen LogP contribution is -2.19. The molecule has 0 aliphatic heterocycles. The van der Waals surface area contributed by atoms with Crippen molar-refractivity contribution >= 4 is 50.7 Å². The van der Waals surface area contributed by atoms with E-state index < -0.39 is 0 Å². The van der Waals surface area contributed by atoms with Gasteiger partial charge in [-0.15, -0.1) is 0 Å². The van der Waals surface area contributed by atoms with Crippen LogP contribution in [0.1, 0.15) is 5.56 Å². The number of hydrogen-bond donors (Lipinski definition) is 2. The normalized spacial score (nSPS) is 11.1. The monoisotopic (exact) mass is 415 g/mol. The molecule has 1 aromatic heterocycles. The quantitative estimate of drug-likeness (QED) is 0.375. The molecule has 0 radical (unpaired) electrons. The maximum absolute atomic E-state index is 11.9. The molecular formula is C18H14BrN3O2S. The topological polar surface area (TPSA) is 74.6 Å². The largest absolute Gasteiger partial charge is 0.507 e. The Kier molecular flexibility index (Phi) is 5.67. The lowest BCUT2D eigenvalue weighted by atomic mass is 10.2. The molecule has 2 N–H and O–H groups in total. The molecule has 126 valence electrons. The van der Waals surface area contributed by atoms with E-state index in [0.29, 0.717) is 5.56 Å². The van der Waals surface area contributed by atoms with Crippen LogP contribution in [0.2, 0.25) is 0 Å². The molecule has 0 saturated heterocycles. The zero-order valence-corrected chi connectivity index (χ0v) is 15.4. The highest BCUT2D eigenvalue weighted by Crippen LogP contribution is 2.21. The van der Waals surface area contributed by atoms with Gasteiger partial charge in [0.25, 0.3) is 0 Å². The van der Waals surface area contributed by atoms with Gasteiger partial charge in [-0.25, -0.2) is 10.4 Å². The summed E-state index contributed by atoms with van der Waals surface area (Å²) in [5.41, 5.74) is 3.85. The molecular weight excluding hydrogens is 402 g/mol. The maximum atomic E-state index is 11.9. The molecule has 1 heterocycles. The van der Waals surface area contributed by atoms with Crippen molar-refractivity contribution in [3.05, 3.63) is 64.6 Å². The summed E-state index contributed by atoms with van der Waals surface area (Å²) in [5.74, 6) is 0.0503. The highest BCUT2D eigenvalue weighted by Gasteiger charge is 2.04. The van der Waals surface area contributed by atoms with E-state index in [2.05, 4.69) is 31.4 Å². The maximum Gasteiger partial charge on any atom is 0.250 e. The number of phenolic OH excluding ortho intramolecular Hbond substituents is 1. The first-order valence-electron chi connectivity index (χ1n) is 7.41. The Bertz CT molecular complexity index is 947. The van der Waals surface area contributed by atoms with Crippen molar-refractivity contribution in [3.8, 4) is 5.75 Å². The number of benzene rings is 2. The number of carbonyl (C=O) groups excluding carboxylic acids is 1. The van der Waals surface area contributed by atoms with Crippen LogP contribution in [-0.2, 0) is 4.79 Å². The van der Waals surface area contributed by atoms with Gasteiger partial charge in [0, 0.05) is 15.4 Å². The molecule has 2 aromatic carbocycles. The fourth-order valence-electron chi connectivity index (χ4n) is 2.10. The molecule has 5 nitrogen and oxygen atoms in total. The number of para-hydroxylation sites is 1. The fourth-order valence-corrected chi connectivity index (χ4v) is 3.15. The summed E-state index contributed by atoms with van der Waals surface area (Å²) >= 11 is 4.66. The smallest absolute Gasteiger partial charge is 0.250 e. The van der Waals surface area contributed by atoms with E-state index in [1.165, 1.54) is 18.0 Å². The summed E-state index contributed by atoms with van der Waals surface area (Å²) in [6.07, 6.45) is 1.40. The van der Waals surface area contributed by atoms with Crippen LogP contribution in [0.4, 0.5) is 0 Å². The molecule has 0 fully saturated rings. The number of amides is 1. The lowest BCUT2D eigenvalue weighted by Gasteiger charge is -2.03. The summed E-state index contributed by atoms with van der Waals surface area (Å²) in [6, 6.07) is 16.7. The van der Waals surface area contributed by atoms with E-state index in [1.807, 2.05) is 36.4 Å². The van der Waals surface area contributed by atoms with E-state index >= 15 is 0 Å². The van der Waals surface area contributed by atoms with Gasteiger partial charge < -0.3 is 5.11 Å². The van der Waals surface area contributed by atoms with Crippen LogP contribution in [0, 0.1) is 0 Å². The number of nitrogens with zero attached hydrogens (tertiary/aromatic N) is 2. The number of hydrazone groups is 1. The predicted octanol–water partition coefficient (Wildman–Crippen LogP) is 3.95. The van der Waals surface area contributed by atoms with Crippen molar-refractivity contribution in [1.82, 2.24) is 10.4 Å². The van der Waals surface area contributed by atoms with Crippen LogP contribution in [0.5, 0.6) is 5.75 Å². The average Bonchev–Trinajstić information content (AvgIpc) is 2.62. The highest BCUT2D eigenvalue weighted by atomic mass is 79.9. The van der Waals surface area contributed by atoms with Gasteiger partial charge in [0.1, 0.15) is 5.75 Å². The first-order valence-corrected chi connectivity index (χ1v) is 9.19. The second-order valence-corrected chi connectivity index (χ2v) is 7.04. The van der Waals surface area contributed by atoms with E-state index in [4.69, 9.17) is 0 Å². The van der Waals surface area contributed by atoms with Crippen LogP contribution in [0.3, 0.4) is 0 Å². The summed E-state index contributed by atoms with van der Waals surface area (Å²) < 4.78 is 0.816. The van der Waals surface area contributed by atoms with Crippen LogP contribution in [0.25, 0.3) is 10.9 Å². The number of pyridine rings is 1. The average molecular weight is 416 g/mol. The highest BCUT2D eigenvalue weighted by molar-refractivity contribution is 9.10. The van der Waals surface area contributed by atoms with Crippen LogP contribution in [0.15, 0.2) is 69.2 Å². The van der Waals surface area contributed by atoms with Crippen LogP contribution >= 0.6 is 27.7 Å². The first kappa shape index (κ1) is 17.4. The number of hydrogen-bond acceptors (Lipinski definition) is 5. The molecule has 1 amide bonds. The third-order valence-electron chi connectivity index (χ3n) is 3.31. The summed E-state index contributed by atoms with van der Waals surface area (Å²) in [5, 5.41) is 15.4. The molecule has 3 rings (SSSR count). The minimum atomic E-state index is -0.245. The molecule has 7 heteroatoms. The number of fused-ring (bicyclic) bond motifs is 1. The second-order valence-electron chi connectivity index (χ2n) is 5.13. The number of rotatable bonds is 5. The number of aromatic hydroxyl groups is 1. The summed E-state index contributed by atoms with van der Waals surface area (Å²) in [7, 11) is 0. The van der Waals surface area contributed by atoms with E-state index in [9.17, 15) is 9.90 Å². The Morgan fingerprint density at radius 1 is 1.24 bits per heavy atom. The summed E-state index contributed by atoms with van der Waals surface area (Å²) in [4.78, 5) is 16.4. The standard InChI is InChI=1S/C18H14BrN3O2S/c19-14-6-7-16(23)13(9-14)10-20-22-17(24)11-25-18-8-5-12-3-1-2-4-15(12)21-18/h1-10,23H,11H2,(H,22,24)/b20-10+. The van der Waals surface area contributed by atoms with Crippen molar-refractivity contribution in [1.29, 1.82) is 0 Å². The third kappa shape index (κ3) is 4.80. The minimum Gasteiger partial charge on any atom is -0.507 e. The van der Waals surface area contributed by atoms with Crippen LogP contribution in [-0.4, -0.2) is 28.0 Å². The Balaban J connectivity index is 1.55. The zero-order chi connectivity index (χ0) is 17.6.